The van der Waals surface area contributed by atoms with Gasteiger partial charge < -0.3 is 25.6 Å². The number of nitrogens with one attached hydrogen (secondary N) is 1. The predicted octanol–water partition coefficient (Wildman–Crippen LogP) is 2.44. The van der Waals surface area contributed by atoms with E-state index in [1.54, 1.807) is 7.11 Å². The van der Waals surface area contributed by atoms with Crippen molar-refractivity contribution in [1.29, 1.82) is 0 Å². The maximum atomic E-state index is 5.98. The summed E-state index contributed by atoms with van der Waals surface area (Å²) in [5.41, 5.74) is 7.21. The van der Waals surface area contributed by atoms with Crippen LogP contribution in [0.25, 0.3) is 0 Å². The van der Waals surface area contributed by atoms with Crippen LogP contribution >= 0.6 is 0 Å². The van der Waals surface area contributed by atoms with E-state index in [-0.39, 0.29) is 5.95 Å². The summed E-state index contributed by atoms with van der Waals surface area (Å²) in [5.74, 6) is 3.77. The van der Waals surface area contributed by atoms with E-state index in [0.29, 0.717) is 0 Å². The third-order valence-corrected chi connectivity index (χ3v) is 5.19. The number of anilines is 4. The predicted molar refractivity (Wildman–Crippen MR) is 120 cm³/mol. The molecule has 1 aliphatic rings. The highest BCUT2D eigenvalue weighted by molar-refractivity contribution is 5.54. The van der Waals surface area contributed by atoms with E-state index in [1.165, 1.54) is 5.56 Å². The van der Waals surface area contributed by atoms with Crippen LogP contribution in [0.15, 0.2) is 54.7 Å². The lowest BCUT2D eigenvalue weighted by molar-refractivity contribution is 0.414. The molecule has 0 unspecified atom stereocenters. The van der Waals surface area contributed by atoms with Crippen LogP contribution < -0.4 is 25.6 Å². The molecular formula is C22H27N7O. The number of hydrogen-bond donors (Lipinski definition) is 2. The molecule has 1 aliphatic heterocycles. The summed E-state index contributed by atoms with van der Waals surface area (Å²) in [6.45, 7) is 4.26. The van der Waals surface area contributed by atoms with E-state index in [0.717, 1.165) is 62.3 Å². The van der Waals surface area contributed by atoms with Gasteiger partial charge in [0.15, 0.2) is 0 Å². The number of piperazine rings is 1. The lowest BCUT2D eigenvalue weighted by Crippen LogP contribution is -2.47. The standard InChI is InChI=1S/C22H27N7O/c1-30-18-7-5-17(6-8-18)9-11-24-19-16-21(27-22(23)26-19)29-14-12-28(13-15-29)20-4-2-3-10-25-20/h2-8,10,16H,9,11-15H2,1H3,(H3,23,24,26,27). The number of nitrogens with two attached hydrogens (primary N) is 1. The first-order chi connectivity index (χ1) is 14.7. The Morgan fingerprint density at radius 2 is 1.70 bits per heavy atom. The number of nitrogen functional groups attached to an aromatic ring is 1. The molecular weight excluding hydrogens is 378 g/mol. The number of pyridine rings is 1. The van der Waals surface area contributed by atoms with Crippen LogP contribution in [0.1, 0.15) is 5.56 Å². The summed E-state index contributed by atoms with van der Waals surface area (Å²) < 4.78 is 5.20. The SMILES string of the molecule is COc1ccc(CCNc2cc(N3CCN(c4ccccn4)CC3)nc(N)n2)cc1. The van der Waals surface area contributed by atoms with Gasteiger partial charge >= 0.3 is 0 Å². The van der Waals surface area contributed by atoms with E-state index in [9.17, 15) is 0 Å². The van der Waals surface area contributed by atoms with Gasteiger partial charge in [0.25, 0.3) is 0 Å². The Balaban J connectivity index is 1.34. The minimum atomic E-state index is 0.284. The molecule has 0 aliphatic carbocycles. The Morgan fingerprint density at radius 1 is 0.967 bits per heavy atom. The second-order valence-electron chi connectivity index (χ2n) is 7.16. The average Bonchev–Trinajstić information content (AvgIpc) is 2.80. The smallest absolute Gasteiger partial charge is 0.223 e. The van der Waals surface area contributed by atoms with Crippen LogP contribution in [-0.2, 0) is 6.42 Å². The molecule has 0 radical (unpaired) electrons. The highest BCUT2D eigenvalue weighted by Gasteiger charge is 2.20. The zero-order valence-electron chi connectivity index (χ0n) is 17.2. The number of hydrogen-bond acceptors (Lipinski definition) is 8. The van der Waals surface area contributed by atoms with Crippen LogP contribution in [0, 0.1) is 0 Å². The molecule has 0 saturated carbocycles. The highest BCUT2D eigenvalue weighted by atomic mass is 16.5. The third kappa shape index (κ3) is 4.89. The number of ether oxygens (including phenoxy) is 1. The van der Waals surface area contributed by atoms with E-state index in [1.807, 2.05) is 42.6 Å². The van der Waals surface area contributed by atoms with Crippen molar-refractivity contribution in [3.8, 4) is 5.75 Å². The maximum absolute atomic E-state index is 5.98. The van der Waals surface area contributed by atoms with Gasteiger partial charge in [-0.05, 0) is 36.2 Å². The summed E-state index contributed by atoms with van der Waals surface area (Å²) >= 11 is 0. The molecule has 0 bridgehead atoms. The normalized spacial score (nSPS) is 13.9. The molecule has 8 nitrogen and oxygen atoms in total. The molecule has 3 heterocycles. The quantitative estimate of drug-likeness (QED) is 0.619. The van der Waals surface area contributed by atoms with Crippen LogP contribution in [0.3, 0.4) is 0 Å². The largest absolute Gasteiger partial charge is 0.497 e. The van der Waals surface area contributed by atoms with Crippen LogP contribution in [-0.4, -0.2) is 54.8 Å². The summed E-state index contributed by atoms with van der Waals surface area (Å²) in [6, 6.07) is 16.1. The Labute approximate surface area is 176 Å². The van der Waals surface area contributed by atoms with Crippen molar-refractivity contribution in [2.75, 3.05) is 60.7 Å². The molecule has 3 aromatic rings. The first-order valence-corrected chi connectivity index (χ1v) is 10.1. The fourth-order valence-corrected chi connectivity index (χ4v) is 3.54. The van der Waals surface area contributed by atoms with E-state index in [2.05, 4.69) is 42.2 Å². The fraction of sp³-hybridized carbons (Fsp3) is 0.318. The van der Waals surface area contributed by atoms with Gasteiger partial charge in [-0.1, -0.05) is 18.2 Å². The van der Waals surface area contributed by atoms with Crippen LogP contribution in [0.4, 0.5) is 23.4 Å². The van der Waals surface area contributed by atoms with Gasteiger partial charge in [-0.2, -0.15) is 9.97 Å². The van der Waals surface area contributed by atoms with Gasteiger partial charge in [-0.15, -0.1) is 0 Å². The monoisotopic (exact) mass is 405 g/mol. The van der Waals surface area contributed by atoms with Crippen molar-refractivity contribution >= 4 is 23.4 Å². The molecule has 1 saturated heterocycles. The van der Waals surface area contributed by atoms with Crippen LogP contribution in [0.2, 0.25) is 0 Å². The lowest BCUT2D eigenvalue weighted by Gasteiger charge is -2.36. The minimum absolute atomic E-state index is 0.284. The molecule has 8 heteroatoms. The first-order valence-electron chi connectivity index (χ1n) is 10.1. The highest BCUT2D eigenvalue weighted by Crippen LogP contribution is 2.21. The Kier molecular flexibility index (Phi) is 6.12. The van der Waals surface area contributed by atoms with E-state index < -0.39 is 0 Å². The molecule has 1 aromatic carbocycles. The second kappa shape index (κ2) is 9.30. The molecule has 0 spiro atoms. The maximum Gasteiger partial charge on any atom is 0.223 e. The molecule has 2 aromatic heterocycles. The number of benzene rings is 1. The average molecular weight is 406 g/mol. The molecule has 156 valence electrons. The third-order valence-electron chi connectivity index (χ3n) is 5.19. The minimum Gasteiger partial charge on any atom is -0.497 e. The lowest BCUT2D eigenvalue weighted by atomic mass is 10.1. The fourth-order valence-electron chi connectivity index (χ4n) is 3.54. The van der Waals surface area contributed by atoms with Crippen LogP contribution in [0.5, 0.6) is 5.75 Å². The summed E-state index contributed by atoms with van der Waals surface area (Å²) in [4.78, 5) is 17.8. The van der Waals surface area contributed by atoms with E-state index >= 15 is 0 Å². The number of nitrogens with zero attached hydrogens (tertiary/aromatic N) is 5. The van der Waals surface area contributed by atoms with Crippen molar-refractivity contribution in [2.24, 2.45) is 0 Å². The summed E-state index contributed by atoms with van der Waals surface area (Å²) in [5, 5.41) is 3.37. The van der Waals surface area contributed by atoms with E-state index in [4.69, 9.17) is 10.5 Å². The number of aromatic nitrogens is 3. The number of methoxy groups -OCH3 is 1. The van der Waals surface area contributed by atoms with Gasteiger partial charge in [0.05, 0.1) is 7.11 Å². The zero-order valence-corrected chi connectivity index (χ0v) is 17.2. The Hall–Kier alpha value is -3.55. The summed E-state index contributed by atoms with van der Waals surface area (Å²) in [6.07, 6.45) is 2.71. The molecule has 1 fully saturated rings. The second-order valence-corrected chi connectivity index (χ2v) is 7.16. The van der Waals surface area contributed by atoms with Crippen molar-refractivity contribution in [3.05, 3.63) is 60.3 Å². The molecule has 3 N–H and O–H groups in total. The summed E-state index contributed by atoms with van der Waals surface area (Å²) in [7, 11) is 1.67. The van der Waals surface area contributed by atoms with Gasteiger partial charge in [0.2, 0.25) is 5.95 Å². The van der Waals surface area contributed by atoms with Gasteiger partial charge in [0.1, 0.15) is 23.2 Å². The molecule has 30 heavy (non-hydrogen) atoms. The van der Waals surface area contributed by atoms with Gasteiger partial charge in [-0.25, -0.2) is 4.98 Å². The van der Waals surface area contributed by atoms with Gasteiger partial charge in [0, 0.05) is 45.0 Å². The first kappa shape index (κ1) is 19.8. The van der Waals surface area contributed by atoms with Crippen molar-refractivity contribution in [1.82, 2.24) is 15.0 Å². The van der Waals surface area contributed by atoms with Gasteiger partial charge in [-0.3, -0.25) is 0 Å². The zero-order chi connectivity index (χ0) is 20.8. The van der Waals surface area contributed by atoms with Crippen molar-refractivity contribution in [3.63, 3.8) is 0 Å². The van der Waals surface area contributed by atoms with Crippen molar-refractivity contribution < 1.29 is 4.74 Å². The Morgan fingerprint density at radius 3 is 2.37 bits per heavy atom. The molecule has 0 atom stereocenters. The topological polar surface area (TPSA) is 92.4 Å². The Bertz CT molecular complexity index is 941. The molecule has 0 amide bonds. The van der Waals surface area contributed by atoms with Crippen molar-refractivity contribution in [2.45, 2.75) is 6.42 Å². The number of rotatable bonds is 7. The molecule has 4 rings (SSSR count).